The van der Waals surface area contributed by atoms with Gasteiger partial charge in [-0.05, 0) is 43.1 Å². The van der Waals surface area contributed by atoms with Gasteiger partial charge in [-0.3, -0.25) is 0 Å². The van der Waals surface area contributed by atoms with Crippen molar-refractivity contribution in [2.24, 2.45) is 0 Å². The smallest absolute Gasteiger partial charge is 0.274 e. The minimum absolute atomic E-state index is 0.0820. The van der Waals surface area contributed by atoms with Crippen LogP contribution in [-0.2, 0) is 11.8 Å². The minimum atomic E-state index is -0.868. The van der Waals surface area contributed by atoms with Crippen molar-refractivity contribution in [2.45, 2.75) is 52.6 Å². The standard InChI is InChI=1S/C18H25BrNO2Si/c1-12-15(9-10-19)20-17(21-12)14-8-7-13(18(2,3)4)11-16(14)22-23(5)6/h7-8,11H,9-10H2,1-6H3. The van der Waals surface area contributed by atoms with Crippen molar-refractivity contribution in [1.82, 2.24) is 4.98 Å². The maximum Gasteiger partial charge on any atom is 0.274 e. The Morgan fingerprint density at radius 2 is 1.96 bits per heavy atom. The number of hydrogen-bond donors (Lipinski definition) is 0. The molecule has 3 nitrogen and oxygen atoms in total. The molecule has 0 fully saturated rings. The molecule has 0 N–H and O–H groups in total. The van der Waals surface area contributed by atoms with E-state index in [2.05, 4.69) is 73.0 Å². The van der Waals surface area contributed by atoms with Crippen LogP contribution in [0.4, 0.5) is 0 Å². The zero-order valence-corrected chi connectivity index (χ0v) is 17.4. The van der Waals surface area contributed by atoms with E-state index in [0.717, 1.165) is 34.5 Å². The van der Waals surface area contributed by atoms with E-state index in [4.69, 9.17) is 8.84 Å². The Hall–Kier alpha value is -1.07. The van der Waals surface area contributed by atoms with E-state index in [1.807, 2.05) is 6.92 Å². The van der Waals surface area contributed by atoms with Gasteiger partial charge in [0.1, 0.15) is 11.5 Å². The number of nitrogens with zero attached hydrogens (tertiary/aromatic N) is 1. The summed E-state index contributed by atoms with van der Waals surface area (Å²) >= 11 is 3.46. The predicted molar refractivity (Wildman–Crippen MR) is 101 cm³/mol. The van der Waals surface area contributed by atoms with Crippen LogP contribution in [0.5, 0.6) is 5.75 Å². The Morgan fingerprint density at radius 3 is 2.52 bits per heavy atom. The number of oxazole rings is 1. The van der Waals surface area contributed by atoms with Gasteiger partial charge in [0.2, 0.25) is 5.89 Å². The molecule has 125 valence electrons. The van der Waals surface area contributed by atoms with Gasteiger partial charge >= 0.3 is 0 Å². The lowest BCUT2D eigenvalue weighted by Crippen LogP contribution is -2.15. The van der Waals surface area contributed by atoms with Crippen molar-refractivity contribution in [3.05, 3.63) is 35.2 Å². The monoisotopic (exact) mass is 394 g/mol. The van der Waals surface area contributed by atoms with Crippen molar-refractivity contribution in [3.63, 3.8) is 0 Å². The van der Waals surface area contributed by atoms with E-state index in [9.17, 15) is 0 Å². The molecule has 0 spiro atoms. The topological polar surface area (TPSA) is 35.3 Å². The Morgan fingerprint density at radius 1 is 1.26 bits per heavy atom. The number of benzene rings is 1. The van der Waals surface area contributed by atoms with Crippen molar-refractivity contribution in [2.75, 3.05) is 5.33 Å². The highest BCUT2D eigenvalue weighted by Crippen LogP contribution is 2.35. The lowest BCUT2D eigenvalue weighted by atomic mass is 9.86. The summed E-state index contributed by atoms with van der Waals surface area (Å²) in [5.41, 5.74) is 3.27. The number of rotatable bonds is 5. The summed E-state index contributed by atoms with van der Waals surface area (Å²) in [7, 11) is -0.868. The lowest BCUT2D eigenvalue weighted by molar-refractivity contribution is 0.528. The quantitative estimate of drug-likeness (QED) is 0.494. The molecule has 2 aromatic rings. The van der Waals surface area contributed by atoms with Gasteiger partial charge in [-0.15, -0.1) is 0 Å². The number of aryl methyl sites for hydroxylation is 2. The maximum atomic E-state index is 6.14. The number of hydrogen-bond acceptors (Lipinski definition) is 3. The van der Waals surface area contributed by atoms with Crippen LogP contribution in [0.15, 0.2) is 22.6 Å². The van der Waals surface area contributed by atoms with Crippen LogP contribution in [0.25, 0.3) is 11.5 Å². The molecule has 0 aliphatic rings. The summed E-state index contributed by atoms with van der Waals surface area (Å²) in [6, 6.07) is 6.35. The van der Waals surface area contributed by atoms with Gasteiger partial charge in [-0.2, -0.15) is 0 Å². The van der Waals surface area contributed by atoms with Crippen molar-refractivity contribution in [3.8, 4) is 17.2 Å². The van der Waals surface area contributed by atoms with E-state index in [0.29, 0.717) is 5.89 Å². The first-order chi connectivity index (χ1) is 10.7. The average molecular weight is 395 g/mol. The number of alkyl halides is 1. The van der Waals surface area contributed by atoms with Gasteiger partial charge in [0, 0.05) is 11.8 Å². The molecule has 23 heavy (non-hydrogen) atoms. The molecule has 0 aliphatic heterocycles. The predicted octanol–water partition coefficient (Wildman–Crippen LogP) is 5.51. The van der Waals surface area contributed by atoms with E-state index >= 15 is 0 Å². The van der Waals surface area contributed by atoms with Gasteiger partial charge in [0.25, 0.3) is 9.04 Å². The molecule has 0 saturated carbocycles. The average Bonchev–Trinajstić information content (AvgIpc) is 2.79. The first-order valence-corrected chi connectivity index (χ1v) is 11.4. The number of halogens is 1. The Balaban J connectivity index is 2.50. The van der Waals surface area contributed by atoms with Crippen LogP contribution in [0.1, 0.15) is 37.8 Å². The zero-order chi connectivity index (χ0) is 17.2. The molecule has 0 atom stereocenters. The fraction of sp³-hybridized carbons (Fsp3) is 0.500. The summed E-state index contributed by atoms with van der Waals surface area (Å²) in [4.78, 5) is 4.66. The van der Waals surface area contributed by atoms with E-state index in [-0.39, 0.29) is 5.41 Å². The highest BCUT2D eigenvalue weighted by molar-refractivity contribution is 9.09. The van der Waals surface area contributed by atoms with E-state index in [1.165, 1.54) is 5.56 Å². The van der Waals surface area contributed by atoms with E-state index < -0.39 is 9.04 Å². The molecule has 0 aliphatic carbocycles. The fourth-order valence-corrected chi connectivity index (χ4v) is 3.32. The third-order valence-corrected chi connectivity index (χ3v) is 4.64. The third kappa shape index (κ3) is 4.48. The summed E-state index contributed by atoms with van der Waals surface area (Å²) < 4.78 is 12.0. The first-order valence-electron chi connectivity index (χ1n) is 7.87. The molecule has 2 rings (SSSR count). The van der Waals surface area contributed by atoms with Gasteiger partial charge < -0.3 is 8.84 Å². The molecule has 0 saturated heterocycles. The van der Waals surface area contributed by atoms with Crippen molar-refractivity contribution >= 4 is 25.0 Å². The molecule has 5 heteroatoms. The Bertz CT molecular complexity index is 674. The van der Waals surface area contributed by atoms with Crippen LogP contribution in [0.2, 0.25) is 13.1 Å². The Labute approximate surface area is 149 Å². The zero-order valence-electron chi connectivity index (χ0n) is 14.8. The summed E-state index contributed by atoms with van der Waals surface area (Å²) in [6.45, 7) is 12.9. The van der Waals surface area contributed by atoms with Crippen molar-refractivity contribution in [1.29, 1.82) is 0 Å². The Kier molecular flexibility index (Phi) is 5.73. The first kappa shape index (κ1) is 18.3. The second-order valence-corrected chi connectivity index (χ2v) is 9.75. The second kappa shape index (κ2) is 7.22. The van der Waals surface area contributed by atoms with Crippen LogP contribution < -0.4 is 4.43 Å². The molecule has 1 heterocycles. The molecule has 0 unspecified atom stereocenters. The normalized spacial score (nSPS) is 12.0. The fourth-order valence-electron chi connectivity index (χ4n) is 2.33. The molecule has 1 aromatic heterocycles. The number of aromatic nitrogens is 1. The second-order valence-electron chi connectivity index (χ2n) is 6.93. The molecule has 1 aromatic carbocycles. The lowest BCUT2D eigenvalue weighted by Gasteiger charge is -2.21. The molecule has 0 amide bonds. The van der Waals surface area contributed by atoms with Gasteiger partial charge in [0.15, 0.2) is 0 Å². The largest absolute Gasteiger partial charge is 0.542 e. The molecule has 0 bridgehead atoms. The van der Waals surface area contributed by atoms with Crippen LogP contribution in [0.3, 0.4) is 0 Å². The molecular weight excluding hydrogens is 370 g/mol. The minimum Gasteiger partial charge on any atom is -0.542 e. The van der Waals surface area contributed by atoms with Crippen LogP contribution in [-0.4, -0.2) is 19.4 Å². The van der Waals surface area contributed by atoms with Crippen molar-refractivity contribution < 1.29 is 8.84 Å². The maximum absolute atomic E-state index is 6.14. The highest BCUT2D eigenvalue weighted by atomic mass is 79.9. The summed E-state index contributed by atoms with van der Waals surface area (Å²) in [5.74, 6) is 2.41. The SMILES string of the molecule is Cc1oc(-c2ccc(C(C)(C)C)cc2O[Si](C)C)nc1CCBr. The van der Waals surface area contributed by atoms with E-state index in [1.54, 1.807) is 0 Å². The van der Waals surface area contributed by atoms with Gasteiger partial charge in [0.05, 0.1) is 11.3 Å². The molecule has 1 radical (unpaired) electrons. The molecular formula is C18H25BrNO2Si. The van der Waals surface area contributed by atoms with Crippen LogP contribution in [0, 0.1) is 6.92 Å². The highest BCUT2D eigenvalue weighted by Gasteiger charge is 2.20. The third-order valence-electron chi connectivity index (χ3n) is 3.62. The van der Waals surface area contributed by atoms with Gasteiger partial charge in [-0.25, -0.2) is 4.98 Å². The van der Waals surface area contributed by atoms with Gasteiger partial charge in [-0.1, -0.05) is 42.8 Å². The summed E-state index contributed by atoms with van der Waals surface area (Å²) in [5, 5.41) is 0.878. The van der Waals surface area contributed by atoms with Crippen LogP contribution >= 0.6 is 15.9 Å². The summed E-state index contributed by atoms with van der Waals surface area (Å²) in [6.07, 6.45) is 0.863.